The van der Waals surface area contributed by atoms with Gasteiger partial charge in [0.05, 0.1) is 0 Å². The SMILES string of the molecule is CC1(CNC(=O)N(CC(=O)O)C(C)(C)C)CCC1. The highest BCUT2D eigenvalue weighted by atomic mass is 16.4. The van der Waals surface area contributed by atoms with Gasteiger partial charge < -0.3 is 15.3 Å². The summed E-state index contributed by atoms with van der Waals surface area (Å²) in [6.45, 7) is 8.00. The average molecular weight is 256 g/mol. The van der Waals surface area contributed by atoms with Gasteiger partial charge in [0.25, 0.3) is 0 Å². The predicted molar refractivity (Wildman–Crippen MR) is 69.5 cm³/mol. The summed E-state index contributed by atoms with van der Waals surface area (Å²) < 4.78 is 0. The predicted octanol–water partition coefficient (Wildman–Crippen LogP) is 2.07. The van der Waals surface area contributed by atoms with Crippen LogP contribution in [0.25, 0.3) is 0 Å². The van der Waals surface area contributed by atoms with Crippen molar-refractivity contribution >= 4 is 12.0 Å². The number of rotatable bonds is 4. The van der Waals surface area contributed by atoms with Gasteiger partial charge in [0, 0.05) is 12.1 Å². The van der Waals surface area contributed by atoms with Crippen molar-refractivity contribution in [3.05, 3.63) is 0 Å². The minimum Gasteiger partial charge on any atom is -0.480 e. The number of amides is 2. The molecule has 1 fully saturated rings. The third kappa shape index (κ3) is 3.89. The molecule has 1 aliphatic rings. The van der Waals surface area contributed by atoms with Gasteiger partial charge >= 0.3 is 12.0 Å². The number of hydrogen-bond donors (Lipinski definition) is 2. The van der Waals surface area contributed by atoms with Crippen LogP contribution in [0.4, 0.5) is 4.79 Å². The number of hydrogen-bond acceptors (Lipinski definition) is 2. The summed E-state index contributed by atoms with van der Waals surface area (Å²) >= 11 is 0. The van der Waals surface area contributed by atoms with Crippen LogP contribution in [0.2, 0.25) is 0 Å². The second kappa shape index (κ2) is 5.16. The first-order valence-electron chi connectivity index (χ1n) is 6.41. The van der Waals surface area contributed by atoms with E-state index >= 15 is 0 Å². The summed E-state index contributed by atoms with van der Waals surface area (Å²) in [6.07, 6.45) is 3.47. The van der Waals surface area contributed by atoms with Gasteiger partial charge in [-0.3, -0.25) is 4.79 Å². The molecule has 1 aliphatic carbocycles. The van der Waals surface area contributed by atoms with Crippen molar-refractivity contribution in [1.82, 2.24) is 10.2 Å². The van der Waals surface area contributed by atoms with Crippen LogP contribution < -0.4 is 5.32 Å². The molecular weight excluding hydrogens is 232 g/mol. The molecule has 5 heteroatoms. The van der Waals surface area contributed by atoms with E-state index in [1.807, 2.05) is 20.8 Å². The Kier molecular flexibility index (Phi) is 4.24. The largest absolute Gasteiger partial charge is 0.480 e. The number of carbonyl (C=O) groups excluding carboxylic acids is 1. The average Bonchev–Trinajstić information content (AvgIpc) is 2.18. The van der Waals surface area contributed by atoms with Crippen molar-refractivity contribution in [3.63, 3.8) is 0 Å². The Morgan fingerprint density at radius 3 is 2.22 bits per heavy atom. The summed E-state index contributed by atoms with van der Waals surface area (Å²) in [5.74, 6) is -0.991. The van der Waals surface area contributed by atoms with Crippen LogP contribution in [0.5, 0.6) is 0 Å². The van der Waals surface area contributed by atoms with Crippen LogP contribution in [0.1, 0.15) is 47.0 Å². The van der Waals surface area contributed by atoms with Crippen molar-refractivity contribution in [2.24, 2.45) is 5.41 Å². The van der Waals surface area contributed by atoms with E-state index in [1.165, 1.54) is 11.3 Å². The van der Waals surface area contributed by atoms with E-state index in [0.29, 0.717) is 6.54 Å². The van der Waals surface area contributed by atoms with Crippen LogP contribution in [-0.4, -0.2) is 40.6 Å². The first kappa shape index (κ1) is 14.8. The lowest BCUT2D eigenvalue weighted by Gasteiger charge is -2.40. The number of urea groups is 1. The van der Waals surface area contributed by atoms with Crippen molar-refractivity contribution in [2.45, 2.75) is 52.5 Å². The van der Waals surface area contributed by atoms with E-state index in [9.17, 15) is 9.59 Å². The Morgan fingerprint density at radius 2 is 1.89 bits per heavy atom. The highest BCUT2D eigenvalue weighted by Gasteiger charge is 2.34. The molecule has 1 saturated carbocycles. The van der Waals surface area contributed by atoms with E-state index in [1.54, 1.807) is 0 Å². The van der Waals surface area contributed by atoms with Gasteiger partial charge in [0.15, 0.2) is 0 Å². The number of carbonyl (C=O) groups is 2. The maximum atomic E-state index is 12.1. The van der Waals surface area contributed by atoms with E-state index < -0.39 is 11.5 Å². The molecule has 0 aliphatic heterocycles. The lowest BCUT2D eigenvalue weighted by Crippen LogP contribution is -2.54. The smallest absolute Gasteiger partial charge is 0.323 e. The standard InChI is InChI=1S/C13H24N2O3/c1-12(2,3)15(8-10(16)17)11(18)14-9-13(4)6-5-7-13/h5-9H2,1-4H3,(H,14,18)(H,16,17). The van der Waals surface area contributed by atoms with Gasteiger partial charge in [-0.25, -0.2) is 4.79 Å². The third-order valence-corrected chi connectivity index (χ3v) is 3.58. The number of aliphatic carboxylic acids is 1. The van der Waals surface area contributed by atoms with E-state index in [2.05, 4.69) is 12.2 Å². The number of carboxylic acids is 1. The molecule has 0 spiro atoms. The van der Waals surface area contributed by atoms with Gasteiger partial charge in [-0.05, 0) is 39.0 Å². The summed E-state index contributed by atoms with van der Waals surface area (Å²) in [7, 11) is 0. The topological polar surface area (TPSA) is 69.6 Å². The van der Waals surface area contributed by atoms with Crippen molar-refractivity contribution in [1.29, 1.82) is 0 Å². The van der Waals surface area contributed by atoms with Crippen molar-refractivity contribution in [3.8, 4) is 0 Å². The molecule has 2 amide bonds. The molecule has 0 heterocycles. The van der Waals surface area contributed by atoms with Gasteiger partial charge in [-0.2, -0.15) is 0 Å². The lowest BCUT2D eigenvalue weighted by atomic mass is 9.70. The number of carboxylic acid groups (broad SMARTS) is 1. The molecule has 0 aromatic rings. The zero-order chi connectivity index (χ0) is 14.0. The minimum atomic E-state index is -0.991. The molecule has 18 heavy (non-hydrogen) atoms. The van der Waals surface area contributed by atoms with Gasteiger partial charge in [-0.15, -0.1) is 0 Å². The molecule has 1 rings (SSSR count). The number of nitrogens with one attached hydrogen (secondary N) is 1. The van der Waals surface area contributed by atoms with Crippen LogP contribution in [0.15, 0.2) is 0 Å². The van der Waals surface area contributed by atoms with E-state index in [0.717, 1.165) is 12.8 Å². The van der Waals surface area contributed by atoms with Crippen molar-refractivity contribution < 1.29 is 14.7 Å². The fraction of sp³-hybridized carbons (Fsp3) is 0.846. The zero-order valence-electron chi connectivity index (χ0n) is 11.7. The second-order valence-corrected chi connectivity index (χ2v) is 6.47. The van der Waals surface area contributed by atoms with Crippen LogP contribution in [0, 0.1) is 5.41 Å². The first-order valence-corrected chi connectivity index (χ1v) is 6.41. The highest BCUT2D eigenvalue weighted by molar-refractivity contribution is 5.80. The van der Waals surface area contributed by atoms with E-state index in [-0.39, 0.29) is 18.0 Å². The van der Waals surface area contributed by atoms with E-state index in [4.69, 9.17) is 5.11 Å². The van der Waals surface area contributed by atoms with Gasteiger partial charge in [-0.1, -0.05) is 13.3 Å². The van der Waals surface area contributed by atoms with Crippen LogP contribution >= 0.6 is 0 Å². The molecule has 0 saturated heterocycles. The Balaban J connectivity index is 2.56. The Bertz CT molecular complexity index is 330. The molecule has 0 aromatic heterocycles. The molecule has 104 valence electrons. The fourth-order valence-electron chi connectivity index (χ4n) is 2.09. The normalized spacial score (nSPS) is 17.8. The summed E-state index contributed by atoms with van der Waals surface area (Å²) in [5.41, 5.74) is -0.300. The van der Waals surface area contributed by atoms with Crippen molar-refractivity contribution in [2.75, 3.05) is 13.1 Å². The maximum Gasteiger partial charge on any atom is 0.323 e. The lowest BCUT2D eigenvalue weighted by molar-refractivity contribution is -0.138. The Labute approximate surface area is 109 Å². The van der Waals surface area contributed by atoms with Crippen LogP contribution in [-0.2, 0) is 4.79 Å². The molecule has 2 N–H and O–H groups in total. The summed E-state index contributed by atoms with van der Waals surface area (Å²) in [4.78, 5) is 24.2. The van der Waals surface area contributed by atoms with Gasteiger partial charge in [0.2, 0.25) is 0 Å². The Hall–Kier alpha value is -1.26. The molecule has 5 nitrogen and oxygen atoms in total. The molecule has 0 radical (unpaired) electrons. The fourth-order valence-corrected chi connectivity index (χ4v) is 2.09. The molecule has 0 aromatic carbocycles. The molecular formula is C13H24N2O3. The second-order valence-electron chi connectivity index (χ2n) is 6.47. The zero-order valence-corrected chi connectivity index (χ0v) is 11.7. The molecule has 0 unspecified atom stereocenters. The highest BCUT2D eigenvalue weighted by Crippen LogP contribution is 2.39. The molecule has 0 bridgehead atoms. The number of nitrogens with zero attached hydrogens (tertiary/aromatic N) is 1. The molecule has 0 atom stereocenters. The minimum absolute atomic E-state index is 0.197. The Morgan fingerprint density at radius 1 is 1.33 bits per heavy atom. The quantitative estimate of drug-likeness (QED) is 0.809. The third-order valence-electron chi connectivity index (χ3n) is 3.58. The maximum absolute atomic E-state index is 12.1. The summed E-state index contributed by atoms with van der Waals surface area (Å²) in [6, 6.07) is -0.293. The van der Waals surface area contributed by atoms with Gasteiger partial charge in [0.1, 0.15) is 6.54 Å². The summed E-state index contributed by atoms with van der Waals surface area (Å²) in [5, 5.41) is 11.7. The van der Waals surface area contributed by atoms with Crippen LogP contribution in [0.3, 0.4) is 0 Å². The monoisotopic (exact) mass is 256 g/mol. The first-order chi connectivity index (χ1) is 8.14.